The van der Waals surface area contributed by atoms with E-state index in [1.54, 1.807) is 13.0 Å². The SMILES string of the molecule is CC=C(CNC(N)=O)NC(N)=O. The summed E-state index contributed by atoms with van der Waals surface area (Å²) in [4.78, 5) is 20.6. The molecule has 68 valence electrons. The van der Waals surface area contributed by atoms with E-state index in [9.17, 15) is 9.59 Å². The molecule has 0 heterocycles. The summed E-state index contributed by atoms with van der Waals surface area (Å²) in [6.45, 7) is 1.86. The number of hydrogen-bond donors (Lipinski definition) is 4. The Morgan fingerprint density at radius 3 is 2.25 bits per heavy atom. The van der Waals surface area contributed by atoms with Gasteiger partial charge in [-0.2, -0.15) is 0 Å². The van der Waals surface area contributed by atoms with Crippen molar-refractivity contribution < 1.29 is 9.59 Å². The Kier molecular flexibility index (Phi) is 4.28. The van der Waals surface area contributed by atoms with Gasteiger partial charge in [-0.1, -0.05) is 6.08 Å². The topological polar surface area (TPSA) is 110 Å². The van der Waals surface area contributed by atoms with Crippen LogP contribution in [0, 0.1) is 0 Å². The van der Waals surface area contributed by atoms with Crippen LogP contribution in [0.3, 0.4) is 0 Å². The van der Waals surface area contributed by atoms with Crippen molar-refractivity contribution in [3.8, 4) is 0 Å². The quantitative estimate of drug-likeness (QED) is 0.448. The number of urea groups is 2. The van der Waals surface area contributed by atoms with Crippen LogP contribution in [0.15, 0.2) is 11.8 Å². The Balaban J connectivity index is 3.85. The Morgan fingerprint density at radius 1 is 1.33 bits per heavy atom. The predicted octanol–water partition coefficient (Wildman–Crippen LogP) is -0.773. The molecule has 0 aliphatic rings. The highest BCUT2D eigenvalue weighted by Crippen LogP contribution is 1.84. The third kappa shape index (κ3) is 5.10. The largest absolute Gasteiger partial charge is 0.352 e. The van der Waals surface area contributed by atoms with Gasteiger partial charge in [-0.05, 0) is 6.92 Å². The minimum Gasteiger partial charge on any atom is -0.352 e. The van der Waals surface area contributed by atoms with Gasteiger partial charge in [-0.3, -0.25) is 0 Å². The number of primary amides is 2. The third-order valence-corrected chi connectivity index (χ3v) is 1.09. The molecule has 0 spiro atoms. The lowest BCUT2D eigenvalue weighted by Gasteiger charge is -2.06. The first kappa shape index (κ1) is 10.3. The first-order chi connectivity index (χ1) is 5.56. The van der Waals surface area contributed by atoms with Gasteiger partial charge in [0.15, 0.2) is 0 Å². The van der Waals surface area contributed by atoms with E-state index >= 15 is 0 Å². The molecule has 4 amide bonds. The zero-order chi connectivity index (χ0) is 9.56. The number of nitrogens with two attached hydrogens (primary N) is 2. The van der Waals surface area contributed by atoms with Gasteiger partial charge < -0.3 is 22.1 Å². The Morgan fingerprint density at radius 2 is 1.92 bits per heavy atom. The van der Waals surface area contributed by atoms with Crippen LogP contribution in [0.25, 0.3) is 0 Å². The molecule has 6 nitrogen and oxygen atoms in total. The van der Waals surface area contributed by atoms with Crippen molar-refractivity contribution in [1.29, 1.82) is 0 Å². The molecule has 0 saturated heterocycles. The molecule has 0 saturated carbocycles. The standard InChI is InChI=1S/C6H12N4O2/c1-2-4(10-6(8)12)3-9-5(7)11/h2H,3H2,1H3,(H3,7,9,11)(H3,8,10,12). The van der Waals surface area contributed by atoms with Gasteiger partial charge in [0.2, 0.25) is 0 Å². The molecule has 0 aliphatic carbocycles. The normalized spacial score (nSPS) is 10.6. The number of amides is 4. The average molecular weight is 172 g/mol. The van der Waals surface area contributed by atoms with E-state index in [1.807, 2.05) is 0 Å². The van der Waals surface area contributed by atoms with Crippen molar-refractivity contribution in [2.75, 3.05) is 6.54 Å². The van der Waals surface area contributed by atoms with E-state index in [-0.39, 0.29) is 6.54 Å². The molecule has 0 aromatic rings. The second-order valence-corrected chi connectivity index (χ2v) is 2.02. The molecular weight excluding hydrogens is 160 g/mol. The number of allylic oxidation sites excluding steroid dienone is 1. The summed E-state index contributed by atoms with van der Waals surface area (Å²) in [6, 6.07) is -1.32. The van der Waals surface area contributed by atoms with Gasteiger partial charge in [-0.25, -0.2) is 9.59 Å². The summed E-state index contributed by atoms with van der Waals surface area (Å²) in [6.07, 6.45) is 1.61. The Bertz CT molecular complexity index is 212. The molecule has 0 fully saturated rings. The number of rotatable bonds is 3. The van der Waals surface area contributed by atoms with Crippen LogP contribution in [0.1, 0.15) is 6.92 Å². The molecule has 0 aliphatic heterocycles. The highest BCUT2D eigenvalue weighted by Gasteiger charge is 1.99. The highest BCUT2D eigenvalue weighted by molar-refractivity contribution is 5.75. The Labute approximate surface area is 70.0 Å². The van der Waals surface area contributed by atoms with Crippen molar-refractivity contribution in [3.63, 3.8) is 0 Å². The second-order valence-electron chi connectivity index (χ2n) is 2.02. The zero-order valence-corrected chi connectivity index (χ0v) is 6.76. The smallest absolute Gasteiger partial charge is 0.316 e. The summed E-state index contributed by atoms with van der Waals surface area (Å²) in [5.74, 6) is 0. The van der Waals surface area contributed by atoms with E-state index in [2.05, 4.69) is 10.6 Å². The molecule has 6 N–H and O–H groups in total. The van der Waals surface area contributed by atoms with E-state index < -0.39 is 12.1 Å². The van der Waals surface area contributed by atoms with E-state index in [4.69, 9.17) is 11.5 Å². The lowest BCUT2D eigenvalue weighted by molar-refractivity contribution is 0.247. The molecular formula is C6H12N4O2. The predicted molar refractivity (Wildman–Crippen MR) is 44.1 cm³/mol. The summed E-state index contributed by atoms with van der Waals surface area (Å²) < 4.78 is 0. The summed E-state index contributed by atoms with van der Waals surface area (Å²) >= 11 is 0. The number of hydrogen-bond acceptors (Lipinski definition) is 2. The van der Waals surface area contributed by atoms with Crippen LogP contribution in [0.2, 0.25) is 0 Å². The molecule has 0 unspecified atom stereocenters. The molecule has 0 bridgehead atoms. The van der Waals surface area contributed by atoms with Crippen molar-refractivity contribution in [1.82, 2.24) is 10.6 Å². The summed E-state index contributed by atoms with van der Waals surface area (Å²) in [5, 5.41) is 4.62. The molecule has 0 radical (unpaired) electrons. The van der Waals surface area contributed by atoms with Crippen LogP contribution in [0.5, 0.6) is 0 Å². The lowest BCUT2D eigenvalue weighted by atomic mass is 10.4. The average Bonchev–Trinajstić information content (AvgIpc) is 1.97. The molecule has 12 heavy (non-hydrogen) atoms. The van der Waals surface area contributed by atoms with Gasteiger partial charge in [0.25, 0.3) is 0 Å². The molecule has 0 rings (SSSR count). The molecule has 0 atom stereocenters. The van der Waals surface area contributed by atoms with Gasteiger partial charge in [-0.15, -0.1) is 0 Å². The third-order valence-electron chi connectivity index (χ3n) is 1.09. The van der Waals surface area contributed by atoms with Crippen LogP contribution < -0.4 is 22.1 Å². The van der Waals surface area contributed by atoms with Gasteiger partial charge in [0, 0.05) is 5.70 Å². The minimum absolute atomic E-state index is 0.161. The maximum atomic E-state index is 10.3. The molecule has 6 heteroatoms. The van der Waals surface area contributed by atoms with Crippen LogP contribution in [-0.4, -0.2) is 18.6 Å². The van der Waals surface area contributed by atoms with Crippen molar-refractivity contribution >= 4 is 12.1 Å². The van der Waals surface area contributed by atoms with Gasteiger partial charge in [0.05, 0.1) is 6.54 Å². The minimum atomic E-state index is -0.672. The first-order valence-electron chi connectivity index (χ1n) is 3.31. The first-order valence-corrected chi connectivity index (χ1v) is 3.31. The van der Waals surface area contributed by atoms with Crippen molar-refractivity contribution in [3.05, 3.63) is 11.8 Å². The fourth-order valence-electron chi connectivity index (χ4n) is 0.559. The Hall–Kier alpha value is -1.72. The van der Waals surface area contributed by atoms with E-state index in [0.717, 1.165) is 0 Å². The van der Waals surface area contributed by atoms with Crippen molar-refractivity contribution in [2.45, 2.75) is 6.92 Å². The summed E-state index contributed by atoms with van der Waals surface area (Å²) in [5.41, 5.74) is 10.1. The summed E-state index contributed by atoms with van der Waals surface area (Å²) in [7, 11) is 0. The van der Waals surface area contributed by atoms with E-state index in [0.29, 0.717) is 5.70 Å². The molecule has 0 aromatic carbocycles. The lowest BCUT2D eigenvalue weighted by Crippen LogP contribution is -2.37. The highest BCUT2D eigenvalue weighted by atomic mass is 16.2. The van der Waals surface area contributed by atoms with Crippen LogP contribution >= 0.6 is 0 Å². The fraction of sp³-hybridized carbons (Fsp3) is 0.333. The molecule has 0 aromatic heterocycles. The maximum absolute atomic E-state index is 10.3. The van der Waals surface area contributed by atoms with E-state index in [1.165, 1.54) is 0 Å². The van der Waals surface area contributed by atoms with Gasteiger partial charge in [0.1, 0.15) is 0 Å². The monoisotopic (exact) mass is 172 g/mol. The number of carbonyl (C=O) groups is 2. The zero-order valence-electron chi connectivity index (χ0n) is 6.76. The number of nitrogens with one attached hydrogen (secondary N) is 2. The number of carbonyl (C=O) groups excluding carboxylic acids is 2. The maximum Gasteiger partial charge on any atom is 0.316 e. The van der Waals surface area contributed by atoms with Crippen molar-refractivity contribution in [2.24, 2.45) is 11.5 Å². The van der Waals surface area contributed by atoms with Gasteiger partial charge >= 0.3 is 12.1 Å². The second kappa shape index (κ2) is 5.00. The van der Waals surface area contributed by atoms with Crippen LogP contribution in [0.4, 0.5) is 9.59 Å². The van der Waals surface area contributed by atoms with Crippen LogP contribution in [-0.2, 0) is 0 Å². The fourth-order valence-corrected chi connectivity index (χ4v) is 0.559.